The van der Waals surface area contributed by atoms with E-state index in [-0.39, 0.29) is 5.91 Å². The highest BCUT2D eigenvalue weighted by Crippen LogP contribution is 2.35. The first kappa shape index (κ1) is 10.2. The molecule has 0 radical (unpaired) electrons. The van der Waals surface area contributed by atoms with Crippen molar-refractivity contribution in [2.24, 2.45) is 0 Å². The highest BCUT2D eigenvalue weighted by molar-refractivity contribution is 5.76. The lowest BCUT2D eigenvalue weighted by Gasteiger charge is -2.15. The SMILES string of the molecule is CN(C)C(=O)C[C@H]1CCc2ccccc21. The first-order valence-corrected chi connectivity index (χ1v) is 5.46. The molecule has 0 N–H and O–H groups in total. The number of rotatable bonds is 2. The second-order valence-electron chi connectivity index (χ2n) is 4.43. The minimum Gasteiger partial charge on any atom is -0.349 e. The van der Waals surface area contributed by atoms with Gasteiger partial charge in [-0.25, -0.2) is 0 Å². The Hall–Kier alpha value is -1.31. The zero-order valence-corrected chi connectivity index (χ0v) is 9.36. The number of fused-ring (bicyclic) bond motifs is 1. The van der Waals surface area contributed by atoms with E-state index in [4.69, 9.17) is 0 Å². The fourth-order valence-corrected chi connectivity index (χ4v) is 2.25. The molecule has 0 spiro atoms. The summed E-state index contributed by atoms with van der Waals surface area (Å²) in [5.41, 5.74) is 2.81. The molecule has 0 aromatic heterocycles. The average molecular weight is 203 g/mol. The molecule has 15 heavy (non-hydrogen) atoms. The molecular weight excluding hydrogens is 186 g/mol. The third-order valence-electron chi connectivity index (χ3n) is 3.18. The highest BCUT2D eigenvalue weighted by atomic mass is 16.2. The second-order valence-corrected chi connectivity index (χ2v) is 4.43. The second kappa shape index (κ2) is 4.05. The van der Waals surface area contributed by atoms with Gasteiger partial charge in [0.15, 0.2) is 0 Å². The molecule has 1 aliphatic carbocycles. The molecule has 0 heterocycles. The van der Waals surface area contributed by atoms with Crippen LogP contribution in [0.2, 0.25) is 0 Å². The van der Waals surface area contributed by atoms with E-state index in [1.165, 1.54) is 11.1 Å². The average Bonchev–Trinajstić information content (AvgIpc) is 2.62. The van der Waals surface area contributed by atoms with Crippen LogP contribution in [0, 0.1) is 0 Å². The van der Waals surface area contributed by atoms with Gasteiger partial charge >= 0.3 is 0 Å². The van der Waals surface area contributed by atoms with Crippen LogP contribution in [0.25, 0.3) is 0 Å². The normalized spacial score (nSPS) is 18.7. The third kappa shape index (κ3) is 2.04. The molecule has 2 rings (SSSR count). The van der Waals surface area contributed by atoms with Gasteiger partial charge in [-0.3, -0.25) is 4.79 Å². The maximum absolute atomic E-state index is 11.6. The molecule has 1 aliphatic rings. The lowest BCUT2D eigenvalue weighted by Crippen LogP contribution is -2.23. The quantitative estimate of drug-likeness (QED) is 0.721. The summed E-state index contributed by atoms with van der Waals surface area (Å²) in [6.07, 6.45) is 2.91. The molecule has 0 aliphatic heterocycles. The molecule has 0 saturated carbocycles. The van der Waals surface area contributed by atoms with E-state index in [9.17, 15) is 4.79 Å². The maximum atomic E-state index is 11.6. The number of hydrogen-bond donors (Lipinski definition) is 0. The van der Waals surface area contributed by atoms with Crippen molar-refractivity contribution in [3.05, 3.63) is 35.4 Å². The van der Waals surface area contributed by atoms with E-state index >= 15 is 0 Å². The van der Waals surface area contributed by atoms with Crippen molar-refractivity contribution < 1.29 is 4.79 Å². The smallest absolute Gasteiger partial charge is 0.222 e. The topological polar surface area (TPSA) is 20.3 Å². The van der Waals surface area contributed by atoms with E-state index in [0.717, 1.165) is 12.8 Å². The molecule has 2 heteroatoms. The first-order chi connectivity index (χ1) is 7.18. The Kier molecular flexibility index (Phi) is 2.76. The van der Waals surface area contributed by atoms with Crippen LogP contribution in [-0.2, 0) is 11.2 Å². The summed E-state index contributed by atoms with van der Waals surface area (Å²) in [4.78, 5) is 13.3. The predicted molar refractivity (Wildman–Crippen MR) is 60.8 cm³/mol. The van der Waals surface area contributed by atoms with E-state index in [1.54, 1.807) is 4.90 Å². The molecule has 1 atom stereocenters. The summed E-state index contributed by atoms with van der Waals surface area (Å²) < 4.78 is 0. The van der Waals surface area contributed by atoms with Crippen LogP contribution in [0.15, 0.2) is 24.3 Å². The zero-order chi connectivity index (χ0) is 10.8. The van der Waals surface area contributed by atoms with Crippen molar-refractivity contribution in [2.45, 2.75) is 25.2 Å². The van der Waals surface area contributed by atoms with E-state index in [2.05, 4.69) is 24.3 Å². The van der Waals surface area contributed by atoms with Crippen molar-refractivity contribution in [1.82, 2.24) is 4.90 Å². The van der Waals surface area contributed by atoms with Crippen molar-refractivity contribution in [2.75, 3.05) is 14.1 Å². The number of hydrogen-bond acceptors (Lipinski definition) is 1. The van der Waals surface area contributed by atoms with Gasteiger partial charge in [0.1, 0.15) is 0 Å². The Bertz CT molecular complexity index is 371. The molecule has 1 amide bonds. The van der Waals surface area contributed by atoms with Gasteiger partial charge in [0.2, 0.25) is 5.91 Å². The van der Waals surface area contributed by atoms with Gasteiger partial charge in [-0.1, -0.05) is 24.3 Å². The fraction of sp³-hybridized carbons (Fsp3) is 0.462. The Morgan fingerprint density at radius 3 is 2.87 bits per heavy atom. The Morgan fingerprint density at radius 2 is 2.13 bits per heavy atom. The minimum absolute atomic E-state index is 0.233. The lowest BCUT2D eigenvalue weighted by atomic mass is 9.97. The lowest BCUT2D eigenvalue weighted by molar-refractivity contribution is -0.129. The Balaban J connectivity index is 2.11. The van der Waals surface area contributed by atoms with Crippen LogP contribution in [0.4, 0.5) is 0 Å². The van der Waals surface area contributed by atoms with Gasteiger partial charge < -0.3 is 4.90 Å². The molecule has 1 aromatic carbocycles. The number of nitrogens with zero attached hydrogens (tertiary/aromatic N) is 1. The van der Waals surface area contributed by atoms with Gasteiger partial charge in [-0.15, -0.1) is 0 Å². The molecule has 2 nitrogen and oxygen atoms in total. The molecule has 0 unspecified atom stereocenters. The fourth-order valence-electron chi connectivity index (χ4n) is 2.25. The van der Waals surface area contributed by atoms with Crippen LogP contribution in [0.5, 0.6) is 0 Å². The van der Waals surface area contributed by atoms with Crippen molar-refractivity contribution >= 4 is 5.91 Å². The molecule has 1 aromatic rings. The van der Waals surface area contributed by atoms with Crippen LogP contribution in [0.1, 0.15) is 29.9 Å². The van der Waals surface area contributed by atoms with Crippen molar-refractivity contribution in [1.29, 1.82) is 0 Å². The predicted octanol–water partition coefficient (Wildman–Crippen LogP) is 2.19. The monoisotopic (exact) mass is 203 g/mol. The summed E-state index contributed by atoms with van der Waals surface area (Å²) >= 11 is 0. The van der Waals surface area contributed by atoms with E-state index in [1.807, 2.05) is 14.1 Å². The Morgan fingerprint density at radius 1 is 1.40 bits per heavy atom. The summed E-state index contributed by atoms with van der Waals surface area (Å²) in [7, 11) is 3.65. The van der Waals surface area contributed by atoms with Crippen LogP contribution < -0.4 is 0 Å². The summed E-state index contributed by atoms with van der Waals surface area (Å²) in [5, 5.41) is 0. The van der Waals surface area contributed by atoms with Gasteiger partial charge in [0.25, 0.3) is 0 Å². The standard InChI is InChI=1S/C13H17NO/c1-14(2)13(15)9-11-8-7-10-5-3-4-6-12(10)11/h3-6,11H,7-9H2,1-2H3/t11-/m1/s1. The first-order valence-electron chi connectivity index (χ1n) is 5.46. The van der Waals surface area contributed by atoms with Crippen molar-refractivity contribution in [3.8, 4) is 0 Å². The number of carbonyl (C=O) groups is 1. The Labute approximate surface area is 90.9 Å². The molecule has 80 valence electrons. The van der Waals surface area contributed by atoms with Crippen molar-refractivity contribution in [3.63, 3.8) is 0 Å². The zero-order valence-electron chi connectivity index (χ0n) is 9.36. The van der Waals surface area contributed by atoms with E-state index in [0.29, 0.717) is 12.3 Å². The maximum Gasteiger partial charge on any atom is 0.222 e. The summed E-state index contributed by atoms with van der Waals surface area (Å²) in [6, 6.07) is 8.48. The minimum atomic E-state index is 0.233. The van der Waals surface area contributed by atoms with Crippen LogP contribution in [-0.4, -0.2) is 24.9 Å². The van der Waals surface area contributed by atoms with Gasteiger partial charge in [0, 0.05) is 20.5 Å². The molecule has 0 fully saturated rings. The van der Waals surface area contributed by atoms with Gasteiger partial charge in [-0.2, -0.15) is 0 Å². The summed E-state index contributed by atoms with van der Waals surface area (Å²) in [6.45, 7) is 0. The highest BCUT2D eigenvalue weighted by Gasteiger charge is 2.24. The number of amides is 1. The molecule has 0 bridgehead atoms. The van der Waals surface area contributed by atoms with Crippen LogP contribution in [0.3, 0.4) is 0 Å². The number of aryl methyl sites for hydroxylation is 1. The van der Waals surface area contributed by atoms with Gasteiger partial charge in [0.05, 0.1) is 0 Å². The van der Waals surface area contributed by atoms with Gasteiger partial charge in [-0.05, 0) is 29.9 Å². The third-order valence-corrected chi connectivity index (χ3v) is 3.18. The largest absolute Gasteiger partial charge is 0.349 e. The molecular formula is C13H17NO. The number of benzene rings is 1. The van der Waals surface area contributed by atoms with E-state index < -0.39 is 0 Å². The van der Waals surface area contributed by atoms with Crippen LogP contribution >= 0.6 is 0 Å². The summed E-state index contributed by atoms with van der Waals surface area (Å²) in [5.74, 6) is 0.674. The number of carbonyl (C=O) groups excluding carboxylic acids is 1. The molecule has 0 saturated heterocycles.